The van der Waals surface area contributed by atoms with E-state index in [-0.39, 0.29) is 4.90 Å². The molecule has 2 N–H and O–H groups in total. The van der Waals surface area contributed by atoms with Gasteiger partial charge in [0.1, 0.15) is 5.75 Å². The fraction of sp³-hybridized carbons (Fsp3) is 0.0625. The first-order valence-electron chi connectivity index (χ1n) is 7.01. The zero-order valence-corrected chi connectivity index (χ0v) is 14.4. The van der Waals surface area contributed by atoms with E-state index < -0.39 is 10.0 Å². The molecule has 6 nitrogen and oxygen atoms in total. The molecule has 0 amide bonds. The number of hydrogen-bond donors (Lipinski definition) is 2. The summed E-state index contributed by atoms with van der Waals surface area (Å²) in [4.78, 5) is 6.88. The van der Waals surface area contributed by atoms with Crippen molar-refractivity contribution in [3.8, 4) is 17.0 Å². The minimum atomic E-state index is -3.63. The molecule has 3 rings (SSSR count). The smallest absolute Gasteiger partial charge is 0.257 e. The number of methoxy groups -OCH3 is 1. The number of rotatable bonds is 6. The van der Waals surface area contributed by atoms with Crippen LogP contribution in [-0.4, -0.2) is 20.5 Å². The van der Waals surface area contributed by atoms with Gasteiger partial charge in [-0.05, 0) is 36.4 Å². The molecular weight excluding hydrogens is 346 g/mol. The summed E-state index contributed by atoms with van der Waals surface area (Å²) in [5.41, 5.74) is 4.32. The number of hydrazine groups is 1. The zero-order valence-electron chi connectivity index (χ0n) is 12.8. The number of hydrogen-bond acceptors (Lipinski definition) is 6. The summed E-state index contributed by atoms with van der Waals surface area (Å²) in [7, 11) is -2.02. The molecule has 124 valence electrons. The maximum absolute atomic E-state index is 12.1. The van der Waals surface area contributed by atoms with Crippen LogP contribution in [0.3, 0.4) is 0 Å². The number of nitrogens with one attached hydrogen (secondary N) is 2. The van der Waals surface area contributed by atoms with Crippen LogP contribution in [0.1, 0.15) is 0 Å². The molecule has 0 aliphatic heterocycles. The van der Waals surface area contributed by atoms with E-state index in [0.29, 0.717) is 5.13 Å². The topological polar surface area (TPSA) is 80.3 Å². The van der Waals surface area contributed by atoms with Gasteiger partial charge in [-0.1, -0.05) is 18.2 Å². The largest absolute Gasteiger partial charge is 0.497 e. The first kappa shape index (κ1) is 16.4. The molecule has 0 saturated carbocycles. The molecule has 3 aromatic rings. The third-order valence-electron chi connectivity index (χ3n) is 3.24. The average molecular weight is 361 g/mol. The molecule has 0 spiro atoms. The van der Waals surface area contributed by atoms with Crippen LogP contribution in [0.4, 0.5) is 5.13 Å². The lowest BCUT2D eigenvalue weighted by Crippen LogP contribution is -2.29. The Morgan fingerprint density at radius 1 is 1.04 bits per heavy atom. The number of ether oxygens (including phenoxy) is 1. The van der Waals surface area contributed by atoms with Crippen molar-refractivity contribution < 1.29 is 13.2 Å². The van der Waals surface area contributed by atoms with Crippen LogP contribution in [0.2, 0.25) is 0 Å². The average Bonchev–Trinajstić information content (AvgIpc) is 3.10. The Morgan fingerprint density at radius 2 is 1.75 bits per heavy atom. The predicted molar refractivity (Wildman–Crippen MR) is 94.5 cm³/mol. The van der Waals surface area contributed by atoms with E-state index in [1.165, 1.54) is 23.5 Å². The summed E-state index contributed by atoms with van der Waals surface area (Å²) >= 11 is 1.31. The highest BCUT2D eigenvalue weighted by Crippen LogP contribution is 2.26. The number of thiazole rings is 1. The summed E-state index contributed by atoms with van der Waals surface area (Å²) in [6, 6.07) is 15.6. The van der Waals surface area contributed by atoms with Gasteiger partial charge in [0, 0.05) is 10.9 Å². The van der Waals surface area contributed by atoms with Gasteiger partial charge in [-0.3, -0.25) is 5.43 Å². The van der Waals surface area contributed by atoms with Gasteiger partial charge in [-0.25, -0.2) is 13.4 Å². The Morgan fingerprint density at radius 3 is 2.42 bits per heavy atom. The first-order valence-corrected chi connectivity index (χ1v) is 9.37. The second-order valence-corrected chi connectivity index (χ2v) is 7.35. The van der Waals surface area contributed by atoms with Crippen LogP contribution < -0.4 is 15.0 Å². The van der Waals surface area contributed by atoms with Crippen molar-refractivity contribution in [3.63, 3.8) is 0 Å². The van der Waals surface area contributed by atoms with Gasteiger partial charge in [0.15, 0.2) is 5.13 Å². The molecule has 24 heavy (non-hydrogen) atoms. The molecule has 0 bridgehead atoms. The quantitative estimate of drug-likeness (QED) is 0.660. The van der Waals surface area contributed by atoms with Gasteiger partial charge in [-0.2, -0.15) is 0 Å². The molecule has 0 unspecified atom stereocenters. The zero-order chi connectivity index (χ0) is 17.0. The van der Waals surface area contributed by atoms with Crippen molar-refractivity contribution in [1.82, 2.24) is 9.82 Å². The number of anilines is 1. The summed E-state index contributed by atoms with van der Waals surface area (Å²) < 4.78 is 29.4. The fourth-order valence-electron chi connectivity index (χ4n) is 1.99. The molecular formula is C16H15N3O3S2. The first-order chi connectivity index (χ1) is 11.6. The number of nitrogens with zero attached hydrogens (tertiary/aromatic N) is 1. The lowest BCUT2D eigenvalue weighted by Gasteiger charge is -2.06. The Kier molecular flexibility index (Phi) is 4.79. The molecule has 1 aromatic heterocycles. The van der Waals surface area contributed by atoms with Crippen molar-refractivity contribution in [2.75, 3.05) is 12.5 Å². The molecule has 0 aliphatic rings. The lowest BCUT2D eigenvalue weighted by atomic mass is 10.2. The van der Waals surface area contributed by atoms with E-state index in [1.54, 1.807) is 25.3 Å². The SMILES string of the molecule is COc1ccc(-c2csc(NNS(=O)(=O)c3ccccc3)n2)cc1. The van der Waals surface area contributed by atoms with E-state index in [9.17, 15) is 8.42 Å². The van der Waals surface area contributed by atoms with Crippen molar-refractivity contribution in [2.45, 2.75) is 4.90 Å². The van der Waals surface area contributed by atoms with E-state index in [1.807, 2.05) is 29.6 Å². The second-order valence-electron chi connectivity index (χ2n) is 4.81. The highest BCUT2D eigenvalue weighted by Gasteiger charge is 2.13. The molecule has 2 aromatic carbocycles. The second kappa shape index (κ2) is 7.00. The van der Waals surface area contributed by atoms with E-state index in [4.69, 9.17) is 4.74 Å². The number of sulfonamides is 1. The normalized spacial score (nSPS) is 11.2. The molecule has 0 radical (unpaired) electrons. The molecule has 0 atom stereocenters. The van der Waals surface area contributed by atoms with Gasteiger partial charge in [0.2, 0.25) is 0 Å². The van der Waals surface area contributed by atoms with Crippen LogP contribution in [0.25, 0.3) is 11.3 Å². The molecule has 0 aliphatic carbocycles. The molecule has 0 saturated heterocycles. The highest BCUT2D eigenvalue weighted by molar-refractivity contribution is 7.89. The lowest BCUT2D eigenvalue weighted by molar-refractivity contribution is 0.415. The maximum atomic E-state index is 12.1. The van der Waals surface area contributed by atoms with Crippen LogP contribution in [0, 0.1) is 0 Å². The Hall–Kier alpha value is -2.42. The van der Waals surface area contributed by atoms with Crippen LogP contribution in [-0.2, 0) is 10.0 Å². The Labute approximate surface area is 144 Å². The Balaban J connectivity index is 1.70. The molecule has 0 fully saturated rings. The van der Waals surface area contributed by atoms with Crippen molar-refractivity contribution in [2.24, 2.45) is 0 Å². The monoisotopic (exact) mass is 361 g/mol. The van der Waals surface area contributed by atoms with Gasteiger partial charge in [0.25, 0.3) is 10.0 Å². The minimum Gasteiger partial charge on any atom is -0.497 e. The summed E-state index contributed by atoms with van der Waals surface area (Å²) in [6.45, 7) is 0. The maximum Gasteiger partial charge on any atom is 0.257 e. The fourth-order valence-corrected chi connectivity index (χ4v) is 3.60. The third kappa shape index (κ3) is 3.73. The van der Waals surface area contributed by atoms with Crippen LogP contribution in [0.5, 0.6) is 5.75 Å². The summed E-state index contributed by atoms with van der Waals surface area (Å²) in [6.07, 6.45) is 0. The number of aromatic nitrogens is 1. The molecule has 8 heteroatoms. The minimum absolute atomic E-state index is 0.185. The van der Waals surface area contributed by atoms with E-state index >= 15 is 0 Å². The van der Waals surface area contributed by atoms with E-state index in [2.05, 4.69) is 15.2 Å². The predicted octanol–water partition coefficient (Wildman–Crippen LogP) is 3.12. The standard InChI is InChI=1S/C16H15N3O3S2/c1-22-13-9-7-12(8-10-13)15-11-23-16(17-15)18-19-24(20,21)14-5-3-2-4-6-14/h2-11,19H,1H3,(H,17,18). The van der Waals surface area contributed by atoms with Crippen LogP contribution in [0.15, 0.2) is 64.9 Å². The van der Waals surface area contributed by atoms with Gasteiger partial charge in [-0.15, -0.1) is 16.2 Å². The van der Waals surface area contributed by atoms with Crippen molar-refractivity contribution >= 4 is 26.5 Å². The summed E-state index contributed by atoms with van der Waals surface area (Å²) in [5, 5.41) is 2.31. The molecule has 1 heterocycles. The number of benzene rings is 2. The van der Waals surface area contributed by atoms with Crippen molar-refractivity contribution in [1.29, 1.82) is 0 Å². The third-order valence-corrected chi connectivity index (χ3v) is 5.26. The van der Waals surface area contributed by atoms with Crippen molar-refractivity contribution in [3.05, 3.63) is 60.0 Å². The highest BCUT2D eigenvalue weighted by atomic mass is 32.2. The van der Waals surface area contributed by atoms with E-state index in [0.717, 1.165) is 17.0 Å². The summed E-state index contributed by atoms with van der Waals surface area (Å²) in [5.74, 6) is 0.767. The van der Waals surface area contributed by atoms with Gasteiger partial charge < -0.3 is 4.74 Å². The van der Waals surface area contributed by atoms with Gasteiger partial charge in [0.05, 0.1) is 17.7 Å². The van der Waals surface area contributed by atoms with Crippen LogP contribution >= 0.6 is 11.3 Å². The van der Waals surface area contributed by atoms with Gasteiger partial charge >= 0.3 is 0 Å². The Bertz CT molecular complexity index is 907.